The van der Waals surface area contributed by atoms with Gasteiger partial charge in [0.15, 0.2) is 15.9 Å². The van der Waals surface area contributed by atoms with Gasteiger partial charge in [-0.15, -0.1) is 0 Å². The Balaban J connectivity index is 2.14. The first-order valence-electron chi connectivity index (χ1n) is 7.09. The quantitative estimate of drug-likeness (QED) is 0.779. The van der Waals surface area contributed by atoms with Gasteiger partial charge in [0.25, 0.3) is 5.91 Å². The number of carbonyl (C=O) groups is 2. The number of amides is 1. The maximum absolute atomic E-state index is 12.2. The second kappa shape index (κ2) is 6.48. The van der Waals surface area contributed by atoms with Crippen molar-refractivity contribution in [2.24, 2.45) is 0 Å². The molecule has 22 heavy (non-hydrogen) atoms. The molecular weight excluding hydrogens is 306 g/mol. The van der Waals surface area contributed by atoms with E-state index in [4.69, 9.17) is 4.74 Å². The minimum absolute atomic E-state index is 0.0499. The highest BCUT2D eigenvalue weighted by molar-refractivity contribution is 7.90. The molecule has 1 heterocycles. The Bertz CT molecular complexity index is 677. The van der Waals surface area contributed by atoms with E-state index in [-0.39, 0.29) is 16.4 Å². The van der Waals surface area contributed by atoms with Crippen LogP contribution in [0, 0.1) is 0 Å². The molecule has 1 saturated heterocycles. The maximum Gasteiger partial charge on any atom is 0.340 e. The third-order valence-corrected chi connectivity index (χ3v) is 4.71. The van der Waals surface area contributed by atoms with Crippen molar-refractivity contribution in [1.82, 2.24) is 4.90 Å². The largest absolute Gasteiger partial charge is 0.449 e. The first-order valence-corrected chi connectivity index (χ1v) is 8.98. The number of sulfone groups is 1. The van der Waals surface area contributed by atoms with Crippen LogP contribution in [0.25, 0.3) is 0 Å². The van der Waals surface area contributed by atoms with Crippen LogP contribution >= 0.6 is 0 Å². The van der Waals surface area contributed by atoms with Gasteiger partial charge in [-0.1, -0.05) is 12.1 Å². The molecule has 1 atom stereocenters. The molecule has 0 N–H and O–H groups in total. The van der Waals surface area contributed by atoms with Gasteiger partial charge in [0.2, 0.25) is 0 Å². The van der Waals surface area contributed by atoms with Crippen molar-refractivity contribution >= 4 is 21.7 Å². The number of hydrogen-bond donors (Lipinski definition) is 0. The Morgan fingerprint density at radius 3 is 2.36 bits per heavy atom. The number of likely N-dealkylation sites (tertiary alicyclic amines) is 1. The fourth-order valence-corrected chi connectivity index (χ4v) is 3.30. The molecule has 1 aromatic carbocycles. The zero-order valence-corrected chi connectivity index (χ0v) is 13.4. The Hall–Kier alpha value is -1.89. The Morgan fingerprint density at radius 2 is 1.77 bits per heavy atom. The number of nitrogens with zero attached hydrogens (tertiary/aromatic N) is 1. The summed E-state index contributed by atoms with van der Waals surface area (Å²) in [6, 6.07) is 5.81. The lowest BCUT2D eigenvalue weighted by atomic mass is 10.2. The summed E-state index contributed by atoms with van der Waals surface area (Å²) in [4.78, 5) is 25.9. The highest BCUT2D eigenvalue weighted by Crippen LogP contribution is 2.18. The number of esters is 1. The molecule has 0 spiro atoms. The number of rotatable bonds is 4. The van der Waals surface area contributed by atoms with Crippen molar-refractivity contribution < 1.29 is 22.7 Å². The number of carbonyl (C=O) groups excluding carboxylic acids is 2. The summed E-state index contributed by atoms with van der Waals surface area (Å²) in [5, 5.41) is 0. The van der Waals surface area contributed by atoms with Gasteiger partial charge >= 0.3 is 5.97 Å². The zero-order chi connectivity index (χ0) is 16.3. The van der Waals surface area contributed by atoms with E-state index in [0.717, 1.165) is 19.1 Å². The van der Waals surface area contributed by atoms with E-state index in [1.807, 2.05) is 0 Å². The van der Waals surface area contributed by atoms with Gasteiger partial charge < -0.3 is 9.64 Å². The molecule has 1 fully saturated rings. The standard InChI is InChI=1S/C15H19NO5S/c1-11(14(17)16-9-5-6-10-16)21-15(18)12-7-3-4-8-13(12)22(2,19)20/h3-4,7-8,11H,5-6,9-10H2,1-2H3/t11-/m1/s1. The molecule has 6 nitrogen and oxygen atoms in total. The predicted molar refractivity (Wildman–Crippen MR) is 80.2 cm³/mol. The summed E-state index contributed by atoms with van der Waals surface area (Å²) in [5.41, 5.74) is -0.0499. The molecule has 1 aromatic rings. The lowest BCUT2D eigenvalue weighted by Gasteiger charge is -2.20. The van der Waals surface area contributed by atoms with Crippen molar-refractivity contribution in [2.75, 3.05) is 19.3 Å². The van der Waals surface area contributed by atoms with Crippen molar-refractivity contribution in [2.45, 2.75) is 30.8 Å². The fraction of sp³-hybridized carbons (Fsp3) is 0.467. The molecule has 0 unspecified atom stereocenters. The molecule has 0 aromatic heterocycles. The summed E-state index contributed by atoms with van der Waals surface area (Å²) in [6.07, 6.45) is 1.99. The summed E-state index contributed by atoms with van der Waals surface area (Å²) < 4.78 is 28.6. The highest BCUT2D eigenvalue weighted by atomic mass is 32.2. The van der Waals surface area contributed by atoms with E-state index >= 15 is 0 Å². The van der Waals surface area contributed by atoms with E-state index in [9.17, 15) is 18.0 Å². The molecule has 1 aliphatic rings. The Morgan fingerprint density at radius 1 is 1.18 bits per heavy atom. The van der Waals surface area contributed by atoms with Gasteiger partial charge in [-0.2, -0.15) is 0 Å². The molecule has 0 bridgehead atoms. The first-order chi connectivity index (χ1) is 10.3. The lowest BCUT2D eigenvalue weighted by molar-refractivity contribution is -0.138. The molecule has 1 aliphatic heterocycles. The van der Waals surface area contributed by atoms with E-state index in [1.54, 1.807) is 11.0 Å². The molecule has 7 heteroatoms. The van der Waals surface area contributed by atoms with Crippen LogP contribution in [-0.2, 0) is 19.4 Å². The van der Waals surface area contributed by atoms with Crippen LogP contribution in [0.3, 0.4) is 0 Å². The van der Waals surface area contributed by atoms with Gasteiger partial charge in [0, 0.05) is 19.3 Å². The fourth-order valence-electron chi connectivity index (χ4n) is 2.43. The molecular formula is C15H19NO5S. The Labute approximate surface area is 130 Å². The van der Waals surface area contributed by atoms with Crippen LogP contribution in [0.5, 0.6) is 0 Å². The van der Waals surface area contributed by atoms with Crippen molar-refractivity contribution in [1.29, 1.82) is 0 Å². The summed E-state index contributed by atoms with van der Waals surface area (Å²) in [6.45, 7) is 2.84. The minimum Gasteiger partial charge on any atom is -0.449 e. The lowest BCUT2D eigenvalue weighted by Crippen LogP contribution is -2.38. The average Bonchev–Trinajstić information content (AvgIpc) is 2.99. The summed E-state index contributed by atoms with van der Waals surface area (Å²) >= 11 is 0. The molecule has 0 aliphatic carbocycles. The zero-order valence-electron chi connectivity index (χ0n) is 12.6. The van der Waals surface area contributed by atoms with Crippen molar-refractivity contribution in [3.63, 3.8) is 0 Å². The van der Waals surface area contributed by atoms with Gasteiger partial charge in [-0.3, -0.25) is 4.79 Å². The van der Waals surface area contributed by atoms with E-state index < -0.39 is 21.9 Å². The molecule has 0 saturated carbocycles. The van der Waals surface area contributed by atoms with E-state index in [2.05, 4.69) is 0 Å². The first kappa shape index (κ1) is 16.5. The molecule has 2 rings (SSSR count). The summed E-state index contributed by atoms with van der Waals surface area (Å²) in [5.74, 6) is -1.05. The van der Waals surface area contributed by atoms with Crippen molar-refractivity contribution in [3.05, 3.63) is 29.8 Å². The monoisotopic (exact) mass is 325 g/mol. The van der Waals surface area contributed by atoms with Crippen LogP contribution in [0.2, 0.25) is 0 Å². The maximum atomic E-state index is 12.2. The van der Waals surface area contributed by atoms with Crippen molar-refractivity contribution in [3.8, 4) is 0 Å². The Kier molecular flexibility index (Phi) is 4.85. The van der Waals surface area contributed by atoms with Gasteiger partial charge in [-0.05, 0) is 31.9 Å². The van der Waals surface area contributed by atoms with Crippen LogP contribution < -0.4 is 0 Å². The number of benzene rings is 1. The third kappa shape index (κ3) is 3.65. The average molecular weight is 325 g/mol. The summed E-state index contributed by atoms with van der Waals surface area (Å²) in [7, 11) is -3.55. The second-order valence-corrected chi connectivity index (χ2v) is 7.33. The van der Waals surface area contributed by atoms with Gasteiger partial charge in [-0.25, -0.2) is 13.2 Å². The van der Waals surface area contributed by atoms with Crippen LogP contribution in [-0.4, -0.2) is 50.6 Å². The molecule has 120 valence electrons. The second-order valence-electron chi connectivity index (χ2n) is 5.35. The van der Waals surface area contributed by atoms with E-state index in [0.29, 0.717) is 13.1 Å². The highest BCUT2D eigenvalue weighted by Gasteiger charge is 2.28. The molecule has 0 radical (unpaired) electrons. The molecule has 1 amide bonds. The van der Waals surface area contributed by atoms with Crippen LogP contribution in [0.15, 0.2) is 29.2 Å². The SMILES string of the molecule is C[C@@H](OC(=O)c1ccccc1S(C)(=O)=O)C(=O)N1CCCC1. The van der Waals surface area contributed by atoms with Gasteiger partial charge in [0.05, 0.1) is 10.5 Å². The smallest absolute Gasteiger partial charge is 0.340 e. The predicted octanol–water partition coefficient (Wildman–Crippen LogP) is 1.26. The number of hydrogen-bond acceptors (Lipinski definition) is 5. The third-order valence-electron chi connectivity index (χ3n) is 3.56. The normalized spacial score (nSPS) is 16.4. The van der Waals surface area contributed by atoms with Gasteiger partial charge in [0.1, 0.15) is 0 Å². The topological polar surface area (TPSA) is 80.8 Å². The van der Waals surface area contributed by atoms with Crippen LogP contribution in [0.4, 0.5) is 0 Å². The van der Waals surface area contributed by atoms with E-state index in [1.165, 1.54) is 25.1 Å². The minimum atomic E-state index is -3.55. The number of ether oxygens (including phenoxy) is 1. The van der Waals surface area contributed by atoms with Crippen LogP contribution in [0.1, 0.15) is 30.1 Å².